The highest BCUT2D eigenvalue weighted by Crippen LogP contribution is 2.32. The van der Waals surface area contributed by atoms with Crippen molar-refractivity contribution in [1.82, 2.24) is 20.2 Å². The second-order valence-corrected chi connectivity index (χ2v) is 10.8. The van der Waals surface area contributed by atoms with Crippen LogP contribution in [0.25, 0.3) is 10.9 Å². The number of fused-ring (bicyclic) bond motifs is 2. The zero-order chi connectivity index (χ0) is 25.1. The molecule has 1 amide bonds. The molecule has 2 aliphatic heterocycles. The molecule has 2 aromatic heterocycles. The average Bonchev–Trinajstić information content (AvgIpc) is 3.27. The zero-order valence-electron chi connectivity index (χ0n) is 20.6. The molecule has 1 saturated heterocycles. The number of amides is 1. The molecule has 0 radical (unpaired) electrons. The van der Waals surface area contributed by atoms with E-state index < -0.39 is 0 Å². The van der Waals surface area contributed by atoms with Gasteiger partial charge in [0.15, 0.2) is 0 Å². The number of likely N-dealkylation sites (tertiary alicyclic amines) is 1. The minimum Gasteiger partial charge on any atom is -0.497 e. The van der Waals surface area contributed by atoms with Crippen molar-refractivity contribution in [3.05, 3.63) is 53.3 Å². The Morgan fingerprint density at radius 1 is 1.33 bits per heavy atom. The highest BCUT2D eigenvalue weighted by molar-refractivity contribution is 8.00. The van der Waals surface area contributed by atoms with Crippen LogP contribution in [0.5, 0.6) is 5.75 Å². The second-order valence-electron chi connectivity index (χ2n) is 9.82. The summed E-state index contributed by atoms with van der Waals surface area (Å²) in [7, 11) is 1.65. The number of nitrogens with one attached hydrogen (secondary N) is 2. The number of carbonyl (C=O) groups is 1. The van der Waals surface area contributed by atoms with Gasteiger partial charge in [-0.15, -0.1) is 11.8 Å². The van der Waals surface area contributed by atoms with Gasteiger partial charge in [-0.25, -0.2) is 4.98 Å². The van der Waals surface area contributed by atoms with Gasteiger partial charge < -0.3 is 20.3 Å². The fraction of sp³-hybridized carbons (Fsp3) is 0.407. The summed E-state index contributed by atoms with van der Waals surface area (Å²) in [4.78, 5) is 24.2. The van der Waals surface area contributed by atoms with E-state index in [9.17, 15) is 10.1 Å². The molecule has 1 atom stereocenters. The van der Waals surface area contributed by atoms with Gasteiger partial charge in [0.2, 0.25) is 5.91 Å². The van der Waals surface area contributed by atoms with E-state index in [1.54, 1.807) is 13.3 Å². The highest BCUT2D eigenvalue weighted by atomic mass is 32.2. The van der Waals surface area contributed by atoms with Crippen LogP contribution in [-0.4, -0.2) is 59.8 Å². The minimum atomic E-state index is 0.00413. The third-order valence-corrected chi connectivity index (χ3v) is 8.06. The van der Waals surface area contributed by atoms with E-state index in [4.69, 9.17) is 4.74 Å². The van der Waals surface area contributed by atoms with Crippen molar-refractivity contribution < 1.29 is 9.53 Å². The maximum Gasteiger partial charge on any atom is 0.235 e. The molecule has 36 heavy (non-hydrogen) atoms. The molecule has 1 unspecified atom stereocenters. The van der Waals surface area contributed by atoms with E-state index in [1.807, 2.05) is 30.3 Å². The maximum atomic E-state index is 11.7. The van der Waals surface area contributed by atoms with Crippen LogP contribution in [0.1, 0.15) is 30.2 Å². The first-order valence-electron chi connectivity index (χ1n) is 12.2. The van der Waals surface area contributed by atoms with Gasteiger partial charge in [-0.2, -0.15) is 5.26 Å². The number of hydrogen-bond acceptors (Lipinski definition) is 8. The summed E-state index contributed by atoms with van der Waals surface area (Å²) in [5.41, 5.74) is 3.65. The number of hydrogen-bond donors (Lipinski definition) is 2. The van der Waals surface area contributed by atoms with Gasteiger partial charge >= 0.3 is 0 Å². The van der Waals surface area contributed by atoms with Crippen molar-refractivity contribution >= 4 is 34.4 Å². The zero-order valence-corrected chi connectivity index (χ0v) is 21.5. The number of ether oxygens (including phenoxy) is 1. The van der Waals surface area contributed by atoms with E-state index in [0.717, 1.165) is 71.8 Å². The van der Waals surface area contributed by atoms with Gasteiger partial charge in [-0.3, -0.25) is 9.78 Å². The first kappa shape index (κ1) is 24.5. The Balaban J connectivity index is 1.18. The SMILES string of the molecule is COc1ccc2ncc(C#N)c(CCN3CCC(C)(CNCc4ccc5c(n4)NC(=O)CS5)C3)c2c1. The van der Waals surface area contributed by atoms with Gasteiger partial charge in [-0.05, 0) is 60.7 Å². The van der Waals surface area contributed by atoms with E-state index >= 15 is 0 Å². The van der Waals surface area contributed by atoms with Crippen molar-refractivity contribution in [1.29, 1.82) is 5.26 Å². The summed E-state index contributed by atoms with van der Waals surface area (Å²) >= 11 is 1.53. The number of nitrogens with zero attached hydrogens (tertiary/aromatic N) is 4. The molecule has 2 aliphatic rings. The lowest BCUT2D eigenvalue weighted by Gasteiger charge is -2.25. The molecule has 4 heterocycles. The predicted octanol–water partition coefficient (Wildman–Crippen LogP) is 3.60. The first-order chi connectivity index (χ1) is 17.5. The van der Waals surface area contributed by atoms with Crippen LogP contribution in [0.3, 0.4) is 0 Å². The van der Waals surface area contributed by atoms with Crippen LogP contribution in [0.2, 0.25) is 0 Å². The minimum absolute atomic E-state index is 0.00413. The first-order valence-corrected chi connectivity index (χ1v) is 13.2. The molecule has 1 aromatic carbocycles. The van der Waals surface area contributed by atoms with Crippen molar-refractivity contribution in [2.75, 3.05) is 44.4 Å². The molecule has 186 valence electrons. The van der Waals surface area contributed by atoms with Gasteiger partial charge in [0.1, 0.15) is 17.6 Å². The molecular weight excluding hydrogens is 472 g/mol. The highest BCUT2D eigenvalue weighted by Gasteiger charge is 2.33. The summed E-state index contributed by atoms with van der Waals surface area (Å²) < 4.78 is 5.41. The molecule has 3 aromatic rings. The molecular formula is C27H30N6O2S. The Hall–Kier alpha value is -3.19. The van der Waals surface area contributed by atoms with Crippen molar-refractivity contribution in [3.63, 3.8) is 0 Å². The van der Waals surface area contributed by atoms with Crippen LogP contribution in [0.15, 0.2) is 41.4 Å². The molecule has 2 N–H and O–H groups in total. The number of aromatic nitrogens is 2. The largest absolute Gasteiger partial charge is 0.497 e. The third-order valence-electron chi connectivity index (χ3n) is 7.01. The Kier molecular flexibility index (Phi) is 7.10. The molecule has 0 aliphatic carbocycles. The fourth-order valence-corrected chi connectivity index (χ4v) is 5.80. The molecule has 0 bridgehead atoms. The number of rotatable bonds is 8. The van der Waals surface area contributed by atoms with E-state index in [1.165, 1.54) is 11.8 Å². The molecule has 9 heteroatoms. The van der Waals surface area contributed by atoms with Crippen LogP contribution < -0.4 is 15.4 Å². The smallest absolute Gasteiger partial charge is 0.235 e. The number of anilines is 1. The summed E-state index contributed by atoms with van der Waals surface area (Å²) in [5, 5.41) is 17.1. The van der Waals surface area contributed by atoms with Crippen LogP contribution >= 0.6 is 11.8 Å². The summed E-state index contributed by atoms with van der Waals surface area (Å²) in [6.45, 7) is 6.81. The molecule has 1 fully saturated rings. The number of pyridine rings is 2. The third kappa shape index (κ3) is 5.31. The monoisotopic (exact) mass is 502 g/mol. The lowest BCUT2D eigenvalue weighted by Crippen LogP contribution is -2.35. The Bertz CT molecular complexity index is 1340. The van der Waals surface area contributed by atoms with E-state index in [2.05, 4.69) is 38.5 Å². The number of nitriles is 1. The van der Waals surface area contributed by atoms with Crippen LogP contribution in [0.4, 0.5) is 5.82 Å². The van der Waals surface area contributed by atoms with Gasteiger partial charge in [0.25, 0.3) is 0 Å². The molecule has 8 nitrogen and oxygen atoms in total. The molecule has 0 saturated carbocycles. The van der Waals surface area contributed by atoms with Crippen molar-refractivity contribution in [2.45, 2.75) is 31.2 Å². The van der Waals surface area contributed by atoms with E-state index in [-0.39, 0.29) is 11.3 Å². The quantitative estimate of drug-likeness (QED) is 0.482. The number of methoxy groups -OCH3 is 1. The second kappa shape index (κ2) is 10.4. The summed E-state index contributed by atoms with van der Waals surface area (Å²) in [5.74, 6) is 1.90. The predicted molar refractivity (Wildman–Crippen MR) is 141 cm³/mol. The van der Waals surface area contributed by atoms with Crippen LogP contribution in [0, 0.1) is 16.7 Å². The standard InChI is InChI=1S/C27H30N6O2S/c1-27(16-29-14-19-3-6-24-26(31-19)32-25(34)15-36-24)8-10-33(17-27)9-7-21-18(12-28)13-30-23-5-4-20(35-2)11-22(21)23/h3-6,11,13,29H,7-10,14-17H2,1-2H3,(H,31,32,34). The van der Waals surface area contributed by atoms with Crippen molar-refractivity contribution in [2.24, 2.45) is 5.41 Å². The van der Waals surface area contributed by atoms with Gasteiger partial charge in [0, 0.05) is 37.8 Å². The maximum absolute atomic E-state index is 11.7. The Morgan fingerprint density at radius 2 is 2.22 bits per heavy atom. The number of carbonyl (C=O) groups excluding carboxylic acids is 1. The van der Waals surface area contributed by atoms with Crippen molar-refractivity contribution in [3.8, 4) is 11.8 Å². The fourth-order valence-electron chi connectivity index (χ4n) is 5.05. The lowest BCUT2D eigenvalue weighted by atomic mass is 9.90. The topological polar surface area (TPSA) is 103 Å². The summed E-state index contributed by atoms with van der Waals surface area (Å²) in [6, 6.07) is 12.2. The summed E-state index contributed by atoms with van der Waals surface area (Å²) in [6.07, 6.45) is 3.59. The van der Waals surface area contributed by atoms with Crippen LogP contribution in [-0.2, 0) is 17.8 Å². The van der Waals surface area contributed by atoms with Gasteiger partial charge in [0.05, 0.1) is 34.5 Å². The Morgan fingerprint density at radius 3 is 3.06 bits per heavy atom. The number of thioether (sulfide) groups is 1. The normalized spacial score (nSPS) is 19.6. The number of benzene rings is 1. The molecule has 5 rings (SSSR count). The van der Waals surface area contributed by atoms with E-state index in [0.29, 0.717) is 23.7 Å². The average molecular weight is 503 g/mol. The van der Waals surface area contributed by atoms with Gasteiger partial charge in [-0.1, -0.05) is 6.92 Å². The molecule has 0 spiro atoms. The Labute approximate surface area is 215 Å². The lowest BCUT2D eigenvalue weighted by molar-refractivity contribution is -0.113.